The van der Waals surface area contributed by atoms with Crippen molar-refractivity contribution in [3.8, 4) is 0 Å². The molecule has 0 amide bonds. The van der Waals surface area contributed by atoms with E-state index in [1.807, 2.05) is 0 Å². The minimum absolute atomic E-state index is 0.0613. The summed E-state index contributed by atoms with van der Waals surface area (Å²) >= 11 is 0. The molecule has 0 fully saturated rings. The van der Waals surface area contributed by atoms with Gasteiger partial charge in [0.05, 0.1) is 0 Å². The van der Waals surface area contributed by atoms with Gasteiger partial charge >= 0.3 is 5.97 Å². The van der Waals surface area contributed by atoms with Crippen LogP contribution in [-0.2, 0) is 4.79 Å². The van der Waals surface area contributed by atoms with Crippen LogP contribution in [0, 0.1) is 11.6 Å². The zero-order valence-corrected chi connectivity index (χ0v) is 8.68. The quantitative estimate of drug-likeness (QED) is 0.890. The van der Waals surface area contributed by atoms with Crippen LogP contribution in [0.4, 0.5) is 8.78 Å². The van der Waals surface area contributed by atoms with Crippen LogP contribution in [0.1, 0.15) is 11.6 Å². The minimum Gasteiger partial charge on any atom is -0.479 e. The van der Waals surface area contributed by atoms with E-state index in [2.05, 4.69) is 0 Å². The van der Waals surface area contributed by atoms with Gasteiger partial charge in [-0.3, -0.25) is 0 Å². The monoisotopic (exact) mass is 237 g/mol. The molecule has 88 valence electrons. The van der Waals surface area contributed by atoms with Gasteiger partial charge in [-0.25, -0.2) is 13.6 Å². The topological polar surface area (TPSA) is 42.2 Å². The highest BCUT2D eigenvalue weighted by atomic mass is 19.1. The molecule has 2 rings (SSSR count). The van der Waals surface area contributed by atoms with Crippen molar-refractivity contribution in [2.45, 2.75) is 6.04 Å². The zero-order chi connectivity index (χ0) is 12.4. The van der Waals surface area contributed by atoms with Crippen LogP contribution in [0.2, 0.25) is 0 Å². The van der Waals surface area contributed by atoms with Gasteiger partial charge in [0, 0.05) is 18.5 Å². The largest absolute Gasteiger partial charge is 0.479 e. The van der Waals surface area contributed by atoms with E-state index in [-0.39, 0.29) is 5.56 Å². The number of benzene rings is 1. The molecule has 5 heteroatoms. The third kappa shape index (κ3) is 2.33. The zero-order valence-electron chi connectivity index (χ0n) is 8.68. The Kier molecular flexibility index (Phi) is 2.91. The van der Waals surface area contributed by atoms with Crippen LogP contribution in [0.25, 0.3) is 0 Å². The molecular formula is C12H9F2NO2. The highest BCUT2D eigenvalue weighted by Gasteiger charge is 2.22. The van der Waals surface area contributed by atoms with Gasteiger partial charge < -0.3 is 9.67 Å². The Morgan fingerprint density at radius 2 is 1.65 bits per heavy atom. The SMILES string of the molecule is O=C(O)[C@@H](c1cc(F)cc(F)c1)n1cccc1. The highest BCUT2D eigenvalue weighted by Crippen LogP contribution is 2.21. The molecule has 0 radical (unpaired) electrons. The lowest BCUT2D eigenvalue weighted by Crippen LogP contribution is -2.19. The summed E-state index contributed by atoms with van der Waals surface area (Å²) in [7, 11) is 0. The summed E-state index contributed by atoms with van der Waals surface area (Å²) in [6.07, 6.45) is 3.06. The van der Waals surface area contributed by atoms with Crippen LogP contribution in [-0.4, -0.2) is 15.6 Å². The summed E-state index contributed by atoms with van der Waals surface area (Å²) in [4.78, 5) is 11.2. The normalized spacial score (nSPS) is 12.4. The van der Waals surface area contributed by atoms with E-state index < -0.39 is 23.6 Å². The van der Waals surface area contributed by atoms with Gasteiger partial charge in [-0.1, -0.05) is 0 Å². The Hall–Kier alpha value is -2.17. The maximum atomic E-state index is 13.1. The molecule has 0 aliphatic rings. The molecule has 1 aromatic heterocycles. The fourth-order valence-corrected chi connectivity index (χ4v) is 1.70. The molecule has 1 aromatic carbocycles. The lowest BCUT2D eigenvalue weighted by Gasteiger charge is -2.14. The van der Waals surface area contributed by atoms with Gasteiger partial charge in [-0.15, -0.1) is 0 Å². The molecule has 0 spiro atoms. The van der Waals surface area contributed by atoms with Crippen molar-refractivity contribution in [2.24, 2.45) is 0 Å². The molecule has 0 bridgehead atoms. The van der Waals surface area contributed by atoms with E-state index in [0.717, 1.165) is 12.1 Å². The fraction of sp³-hybridized carbons (Fsp3) is 0.0833. The maximum absolute atomic E-state index is 13.1. The predicted octanol–water partition coefficient (Wildman–Crippen LogP) is 2.44. The number of aromatic nitrogens is 1. The number of carboxylic acid groups (broad SMARTS) is 1. The lowest BCUT2D eigenvalue weighted by atomic mass is 10.1. The summed E-state index contributed by atoms with van der Waals surface area (Å²) in [6, 6.07) is 4.90. The predicted molar refractivity (Wildman–Crippen MR) is 56.6 cm³/mol. The molecule has 1 atom stereocenters. The molecule has 0 unspecified atom stereocenters. The first-order chi connectivity index (χ1) is 8.08. The van der Waals surface area contributed by atoms with Crippen molar-refractivity contribution in [1.29, 1.82) is 0 Å². The number of carboxylic acids is 1. The van der Waals surface area contributed by atoms with Crippen LogP contribution >= 0.6 is 0 Å². The van der Waals surface area contributed by atoms with Crippen LogP contribution in [0.3, 0.4) is 0 Å². The van der Waals surface area contributed by atoms with Gasteiger partial charge in [0.1, 0.15) is 11.6 Å². The summed E-state index contributed by atoms with van der Waals surface area (Å²) in [5.74, 6) is -2.76. The van der Waals surface area contributed by atoms with E-state index in [1.165, 1.54) is 17.0 Å². The average molecular weight is 237 g/mol. The van der Waals surface area contributed by atoms with Crippen molar-refractivity contribution in [1.82, 2.24) is 4.57 Å². The minimum atomic E-state index is -1.17. The molecule has 0 saturated carbocycles. The Balaban J connectivity index is 2.50. The van der Waals surface area contributed by atoms with Crippen LogP contribution in [0.15, 0.2) is 42.7 Å². The fourth-order valence-electron chi connectivity index (χ4n) is 1.70. The van der Waals surface area contributed by atoms with Crippen LogP contribution < -0.4 is 0 Å². The van der Waals surface area contributed by atoms with Gasteiger partial charge in [-0.2, -0.15) is 0 Å². The number of hydrogen-bond donors (Lipinski definition) is 1. The second kappa shape index (κ2) is 4.37. The molecule has 17 heavy (non-hydrogen) atoms. The van der Waals surface area contributed by atoms with Gasteiger partial charge in [-0.05, 0) is 29.8 Å². The van der Waals surface area contributed by atoms with Crippen molar-refractivity contribution >= 4 is 5.97 Å². The summed E-state index contributed by atoms with van der Waals surface area (Å²) in [5, 5.41) is 9.11. The summed E-state index contributed by atoms with van der Waals surface area (Å²) in [5.41, 5.74) is 0.0613. The molecule has 3 nitrogen and oxygen atoms in total. The smallest absolute Gasteiger partial charge is 0.331 e. The number of aliphatic carboxylic acids is 1. The van der Waals surface area contributed by atoms with E-state index in [9.17, 15) is 13.6 Å². The Bertz CT molecular complexity index is 517. The number of carbonyl (C=O) groups is 1. The van der Waals surface area contributed by atoms with Gasteiger partial charge in [0.15, 0.2) is 6.04 Å². The van der Waals surface area contributed by atoms with Gasteiger partial charge in [0.2, 0.25) is 0 Å². The molecule has 2 aromatic rings. The second-order valence-corrected chi connectivity index (χ2v) is 3.57. The Morgan fingerprint density at radius 3 is 2.12 bits per heavy atom. The summed E-state index contributed by atoms with van der Waals surface area (Å²) < 4.78 is 27.5. The molecule has 0 aliphatic heterocycles. The number of hydrogen-bond acceptors (Lipinski definition) is 1. The number of rotatable bonds is 3. The molecule has 1 N–H and O–H groups in total. The van der Waals surface area contributed by atoms with Gasteiger partial charge in [0.25, 0.3) is 0 Å². The van der Waals surface area contributed by atoms with Crippen molar-refractivity contribution in [3.05, 3.63) is 59.9 Å². The number of halogens is 2. The first kappa shape index (κ1) is 11.3. The first-order valence-corrected chi connectivity index (χ1v) is 4.89. The average Bonchev–Trinajstić information content (AvgIpc) is 2.68. The van der Waals surface area contributed by atoms with Crippen molar-refractivity contribution in [2.75, 3.05) is 0 Å². The summed E-state index contributed by atoms with van der Waals surface area (Å²) in [6.45, 7) is 0. The van der Waals surface area contributed by atoms with E-state index in [1.54, 1.807) is 12.1 Å². The molecule has 0 saturated heterocycles. The number of nitrogens with zero attached hydrogens (tertiary/aromatic N) is 1. The Labute approximate surface area is 95.9 Å². The highest BCUT2D eigenvalue weighted by molar-refractivity contribution is 5.76. The second-order valence-electron chi connectivity index (χ2n) is 3.57. The Morgan fingerprint density at radius 1 is 1.12 bits per heavy atom. The third-order valence-electron chi connectivity index (χ3n) is 2.36. The van der Waals surface area contributed by atoms with E-state index in [4.69, 9.17) is 5.11 Å². The van der Waals surface area contributed by atoms with Crippen molar-refractivity contribution < 1.29 is 18.7 Å². The lowest BCUT2D eigenvalue weighted by molar-refractivity contribution is -0.139. The van der Waals surface area contributed by atoms with E-state index >= 15 is 0 Å². The molecule has 1 heterocycles. The third-order valence-corrected chi connectivity index (χ3v) is 2.36. The molecular weight excluding hydrogens is 228 g/mol. The van der Waals surface area contributed by atoms with Crippen molar-refractivity contribution in [3.63, 3.8) is 0 Å². The first-order valence-electron chi connectivity index (χ1n) is 4.89. The maximum Gasteiger partial charge on any atom is 0.331 e. The molecule has 0 aliphatic carbocycles. The standard InChI is InChI=1S/C12H9F2NO2/c13-9-5-8(6-10(14)7-9)11(12(16)17)15-3-1-2-4-15/h1-7,11H,(H,16,17)/t11-/m1/s1. The van der Waals surface area contributed by atoms with E-state index in [0.29, 0.717) is 6.07 Å². The van der Waals surface area contributed by atoms with Crippen LogP contribution in [0.5, 0.6) is 0 Å².